The number of carboxylic acids is 1. The number of pyridine rings is 1. The van der Waals surface area contributed by atoms with Crippen molar-refractivity contribution in [2.45, 2.75) is 0 Å². The molecule has 96 valence electrons. The summed E-state index contributed by atoms with van der Waals surface area (Å²) in [4.78, 5) is 26.4. The molecule has 0 saturated carbocycles. The number of carbonyl (C=O) groups is 2. The summed E-state index contributed by atoms with van der Waals surface area (Å²) in [6, 6.07) is 9.68. The number of hydrogen-bond donors (Lipinski definition) is 2. The fraction of sp³-hybridized carbons (Fsp3) is 0. The molecule has 0 aliphatic carbocycles. The molecule has 2 rings (SSSR count). The van der Waals surface area contributed by atoms with Gasteiger partial charge in [-0.3, -0.25) is 4.79 Å². The molecule has 2 N–H and O–H groups in total. The van der Waals surface area contributed by atoms with Crippen molar-refractivity contribution in [3.63, 3.8) is 0 Å². The van der Waals surface area contributed by atoms with Gasteiger partial charge in [-0.15, -0.1) is 0 Å². The molecule has 19 heavy (non-hydrogen) atoms. The number of hydrogen-bond acceptors (Lipinski definition) is 3. The standard InChI is InChI=1S/C13H9FN2O3/c14-10-6-3-7-11(15-10)16-12(17)8-4-1-2-5-9(8)13(18)19/h1-7H,(H,18,19)(H,15,16,17). The Kier molecular flexibility index (Phi) is 3.51. The van der Waals surface area contributed by atoms with E-state index in [2.05, 4.69) is 10.3 Å². The van der Waals surface area contributed by atoms with Crippen LogP contribution in [-0.2, 0) is 0 Å². The van der Waals surface area contributed by atoms with Crippen LogP contribution in [0.3, 0.4) is 0 Å². The van der Waals surface area contributed by atoms with Crippen molar-refractivity contribution < 1.29 is 19.1 Å². The van der Waals surface area contributed by atoms with E-state index in [1.807, 2.05) is 0 Å². The Morgan fingerprint density at radius 1 is 1.05 bits per heavy atom. The lowest BCUT2D eigenvalue weighted by molar-refractivity contribution is 0.0692. The average Bonchev–Trinajstić information content (AvgIpc) is 2.38. The minimum atomic E-state index is -1.21. The van der Waals surface area contributed by atoms with Gasteiger partial charge in [0, 0.05) is 0 Å². The maximum absolute atomic E-state index is 12.9. The van der Waals surface area contributed by atoms with Crippen molar-refractivity contribution in [3.8, 4) is 0 Å². The molecule has 0 spiro atoms. The highest BCUT2D eigenvalue weighted by Gasteiger charge is 2.16. The summed E-state index contributed by atoms with van der Waals surface area (Å²) < 4.78 is 12.9. The van der Waals surface area contributed by atoms with Crippen LogP contribution in [0.4, 0.5) is 10.2 Å². The van der Waals surface area contributed by atoms with Crippen LogP contribution in [0.15, 0.2) is 42.5 Å². The third-order valence-corrected chi connectivity index (χ3v) is 2.36. The maximum Gasteiger partial charge on any atom is 0.336 e. The predicted molar refractivity (Wildman–Crippen MR) is 65.5 cm³/mol. The minimum absolute atomic E-state index is 0.0129. The van der Waals surface area contributed by atoms with Crippen molar-refractivity contribution in [1.29, 1.82) is 0 Å². The van der Waals surface area contributed by atoms with E-state index in [1.165, 1.54) is 30.3 Å². The first-order valence-electron chi connectivity index (χ1n) is 5.34. The van der Waals surface area contributed by atoms with Crippen molar-refractivity contribution in [2.24, 2.45) is 0 Å². The minimum Gasteiger partial charge on any atom is -0.478 e. The van der Waals surface area contributed by atoms with E-state index < -0.39 is 17.8 Å². The van der Waals surface area contributed by atoms with Gasteiger partial charge in [-0.25, -0.2) is 9.78 Å². The molecule has 1 aromatic carbocycles. The zero-order valence-corrected chi connectivity index (χ0v) is 9.63. The average molecular weight is 260 g/mol. The number of carbonyl (C=O) groups excluding carboxylic acids is 1. The van der Waals surface area contributed by atoms with Crippen molar-refractivity contribution in [3.05, 3.63) is 59.5 Å². The number of aromatic nitrogens is 1. The molecule has 0 radical (unpaired) electrons. The summed E-state index contributed by atoms with van der Waals surface area (Å²) in [7, 11) is 0. The van der Waals surface area contributed by atoms with E-state index in [0.29, 0.717) is 0 Å². The second-order valence-corrected chi connectivity index (χ2v) is 3.65. The molecular formula is C13H9FN2O3. The molecule has 0 aliphatic rings. The molecule has 1 amide bonds. The van der Waals surface area contributed by atoms with Gasteiger partial charge >= 0.3 is 5.97 Å². The fourth-order valence-corrected chi connectivity index (χ4v) is 1.53. The van der Waals surface area contributed by atoms with Crippen molar-refractivity contribution in [2.75, 3.05) is 5.32 Å². The van der Waals surface area contributed by atoms with E-state index in [0.717, 1.165) is 6.07 Å². The Labute approximate surface area is 107 Å². The number of nitrogens with zero attached hydrogens (tertiary/aromatic N) is 1. The van der Waals surface area contributed by atoms with Gasteiger partial charge in [0.15, 0.2) is 0 Å². The fourth-order valence-electron chi connectivity index (χ4n) is 1.53. The third-order valence-electron chi connectivity index (χ3n) is 2.36. The SMILES string of the molecule is O=C(O)c1ccccc1C(=O)Nc1cccc(F)n1. The first-order valence-corrected chi connectivity index (χ1v) is 5.34. The van der Waals surface area contributed by atoms with Crippen LogP contribution < -0.4 is 5.32 Å². The predicted octanol–water partition coefficient (Wildman–Crippen LogP) is 2.17. The zero-order chi connectivity index (χ0) is 13.8. The van der Waals surface area contributed by atoms with Crippen LogP contribution >= 0.6 is 0 Å². The van der Waals surface area contributed by atoms with Crippen LogP contribution in [0.2, 0.25) is 0 Å². The summed E-state index contributed by atoms with van der Waals surface area (Å²) in [5.41, 5.74) is -0.141. The molecule has 0 bridgehead atoms. The maximum atomic E-state index is 12.9. The number of aromatic carboxylic acids is 1. The number of benzene rings is 1. The van der Waals surface area contributed by atoms with E-state index in [4.69, 9.17) is 5.11 Å². The molecule has 0 saturated heterocycles. The highest BCUT2D eigenvalue weighted by molar-refractivity contribution is 6.10. The van der Waals surface area contributed by atoms with Gasteiger partial charge in [-0.05, 0) is 24.3 Å². The quantitative estimate of drug-likeness (QED) is 0.829. The Hall–Kier alpha value is -2.76. The van der Waals surface area contributed by atoms with Gasteiger partial charge in [0.25, 0.3) is 5.91 Å². The molecular weight excluding hydrogens is 251 g/mol. The van der Waals surface area contributed by atoms with Crippen LogP contribution in [-0.4, -0.2) is 22.0 Å². The van der Waals surface area contributed by atoms with E-state index >= 15 is 0 Å². The van der Waals surface area contributed by atoms with Gasteiger partial charge in [-0.2, -0.15) is 4.39 Å². The van der Waals surface area contributed by atoms with Crippen molar-refractivity contribution >= 4 is 17.7 Å². The van der Waals surface area contributed by atoms with E-state index in [1.54, 1.807) is 6.07 Å². The van der Waals surface area contributed by atoms with E-state index in [9.17, 15) is 14.0 Å². The lowest BCUT2D eigenvalue weighted by Crippen LogP contribution is -2.17. The zero-order valence-electron chi connectivity index (χ0n) is 9.63. The van der Waals surface area contributed by atoms with E-state index in [-0.39, 0.29) is 16.9 Å². The highest BCUT2D eigenvalue weighted by atomic mass is 19.1. The summed E-state index contributed by atoms with van der Waals surface area (Å²) in [5, 5.41) is 11.3. The first kappa shape index (κ1) is 12.7. The van der Waals surface area contributed by atoms with Gasteiger partial charge in [0.1, 0.15) is 5.82 Å². The molecule has 0 unspecified atom stereocenters. The number of anilines is 1. The smallest absolute Gasteiger partial charge is 0.336 e. The summed E-state index contributed by atoms with van der Waals surface area (Å²) in [6.45, 7) is 0. The topological polar surface area (TPSA) is 79.3 Å². The first-order chi connectivity index (χ1) is 9.08. The third kappa shape index (κ3) is 2.92. The molecule has 0 atom stereocenters. The van der Waals surface area contributed by atoms with Gasteiger partial charge < -0.3 is 10.4 Å². The molecule has 0 aliphatic heterocycles. The molecule has 0 fully saturated rings. The number of amides is 1. The number of halogens is 1. The summed E-state index contributed by atoms with van der Waals surface area (Å²) in [5.74, 6) is -2.58. The normalized spacial score (nSPS) is 9.95. The monoisotopic (exact) mass is 260 g/mol. The lowest BCUT2D eigenvalue weighted by atomic mass is 10.1. The molecule has 6 heteroatoms. The van der Waals surface area contributed by atoms with Gasteiger partial charge in [-0.1, -0.05) is 18.2 Å². The van der Waals surface area contributed by atoms with Crippen LogP contribution in [0.1, 0.15) is 20.7 Å². The van der Waals surface area contributed by atoms with Crippen molar-refractivity contribution in [1.82, 2.24) is 4.98 Å². The second kappa shape index (κ2) is 5.26. The number of carboxylic acid groups (broad SMARTS) is 1. The number of rotatable bonds is 3. The van der Waals surface area contributed by atoms with Gasteiger partial charge in [0.05, 0.1) is 11.1 Å². The highest BCUT2D eigenvalue weighted by Crippen LogP contribution is 2.12. The molecule has 5 nitrogen and oxygen atoms in total. The van der Waals surface area contributed by atoms with Crippen LogP contribution in [0.5, 0.6) is 0 Å². The molecule has 1 heterocycles. The van der Waals surface area contributed by atoms with Crippen LogP contribution in [0, 0.1) is 5.95 Å². The Balaban J connectivity index is 2.28. The second-order valence-electron chi connectivity index (χ2n) is 3.65. The molecule has 2 aromatic rings. The Morgan fingerprint density at radius 2 is 1.74 bits per heavy atom. The Morgan fingerprint density at radius 3 is 2.37 bits per heavy atom. The largest absolute Gasteiger partial charge is 0.478 e. The number of nitrogens with one attached hydrogen (secondary N) is 1. The summed E-state index contributed by atoms with van der Waals surface area (Å²) in [6.07, 6.45) is 0. The molecule has 1 aromatic heterocycles. The van der Waals surface area contributed by atoms with Crippen LogP contribution in [0.25, 0.3) is 0 Å². The van der Waals surface area contributed by atoms with Gasteiger partial charge in [0.2, 0.25) is 5.95 Å². The Bertz CT molecular complexity index is 643. The lowest BCUT2D eigenvalue weighted by Gasteiger charge is -2.06. The summed E-state index contributed by atoms with van der Waals surface area (Å²) >= 11 is 0.